The number of carbonyl (C=O) groups excluding carboxylic acids is 1. The third-order valence-corrected chi connectivity index (χ3v) is 4.66. The van der Waals surface area contributed by atoms with Crippen molar-refractivity contribution in [1.29, 1.82) is 0 Å². The zero-order valence-electron chi connectivity index (χ0n) is 13.6. The molecule has 0 saturated carbocycles. The second-order valence-corrected chi connectivity index (χ2v) is 6.42. The summed E-state index contributed by atoms with van der Waals surface area (Å²) in [6.07, 6.45) is 6.14. The van der Waals surface area contributed by atoms with Crippen LogP contribution in [0.5, 0.6) is 0 Å². The first-order valence-corrected chi connectivity index (χ1v) is 8.14. The fraction of sp³-hybridized carbons (Fsp3) is 0.438. The van der Waals surface area contributed by atoms with Gasteiger partial charge in [0.1, 0.15) is 5.69 Å². The van der Waals surface area contributed by atoms with Crippen LogP contribution in [0.3, 0.4) is 0 Å². The first-order valence-electron chi connectivity index (χ1n) is 7.77. The van der Waals surface area contributed by atoms with Gasteiger partial charge in [0, 0.05) is 39.4 Å². The zero-order chi connectivity index (χ0) is 17.3. The van der Waals surface area contributed by atoms with E-state index in [1.165, 1.54) is 12.3 Å². The summed E-state index contributed by atoms with van der Waals surface area (Å²) in [5, 5.41) is 0.285. The summed E-state index contributed by atoms with van der Waals surface area (Å²) in [4.78, 5) is 24.2. The lowest BCUT2D eigenvalue weighted by Gasteiger charge is -2.37. The number of halogens is 2. The predicted molar refractivity (Wildman–Crippen MR) is 89.7 cm³/mol. The highest BCUT2D eigenvalue weighted by atomic mass is 35.5. The van der Waals surface area contributed by atoms with E-state index in [9.17, 15) is 9.18 Å². The molecular weight excluding hydrogens is 333 g/mol. The van der Waals surface area contributed by atoms with Gasteiger partial charge in [-0.3, -0.25) is 4.79 Å². The summed E-state index contributed by atoms with van der Waals surface area (Å²) in [5.41, 5.74) is 0.561. The minimum atomic E-state index is -0.416. The number of amides is 1. The molecule has 1 aliphatic rings. The van der Waals surface area contributed by atoms with Gasteiger partial charge in [-0.25, -0.2) is 14.4 Å². The maximum atomic E-state index is 14.0. The molecule has 0 aliphatic carbocycles. The van der Waals surface area contributed by atoms with Crippen LogP contribution in [0.25, 0.3) is 0 Å². The lowest BCUT2D eigenvalue weighted by atomic mass is 10.0. The van der Waals surface area contributed by atoms with Gasteiger partial charge in [-0.2, -0.15) is 0 Å². The molecule has 0 atom stereocenters. The molecule has 1 fully saturated rings. The number of imidazole rings is 1. The Balaban J connectivity index is 1.64. The summed E-state index contributed by atoms with van der Waals surface area (Å²) in [5.74, 6) is -0.150. The number of hydrogen-bond donors (Lipinski definition) is 0. The normalized spacial score (nSPS) is 15.6. The highest BCUT2D eigenvalue weighted by Gasteiger charge is 2.28. The minimum absolute atomic E-state index is 0.0516. The van der Waals surface area contributed by atoms with Crippen LogP contribution in [0.1, 0.15) is 23.3 Å². The molecule has 0 N–H and O–H groups in total. The molecule has 1 aliphatic heterocycles. The summed E-state index contributed by atoms with van der Waals surface area (Å²) in [6.45, 7) is 1.28. The Kier molecular flexibility index (Phi) is 4.71. The molecular formula is C16H19ClFN5O. The van der Waals surface area contributed by atoms with Crippen LogP contribution in [0.15, 0.2) is 24.8 Å². The number of hydrogen-bond acceptors (Lipinski definition) is 4. The van der Waals surface area contributed by atoms with E-state index in [2.05, 4.69) is 9.97 Å². The molecule has 128 valence electrons. The van der Waals surface area contributed by atoms with Crippen molar-refractivity contribution in [3.8, 4) is 0 Å². The van der Waals surface area contributed by atoms with Gasteiger partial charge >= 0.3 is 0 Å². The van der Waals surface area contributed by atoms with E-state index in [0.29, 0.717) is 24.6 Å². The third-order valence-electron chi connectivity index (χ3n) is 4.46. The van der Waals surface area contributed by atoms with Crippen molar-refractivity contribution in [2.24, 2.45) is 7.05 Å². The van der Waals surface area contributed by atoms with Crippen molar-refractivity contribution in [3.05, 3.63) is 41.3 Å². The Hall–Kier alpha value is -2.15. The van der Waals surface area contributed by atoms with Crippen LogP contribution in [0.2, 0.25) is 5.02 Å². The molecule has 24 heavy (non-hydrogen) atoms. The van der Waals surface area contributed by atoms with Gasteiger partial charge in [0.2, 0.25) is 0 Å². The molecule has 3 rings (SSSR count). The molecule has 2 aromatic rings. The molecule has 0 radical (unpaired) electrons. The van der Waals surface area contributed by atoms with Crippen molar-refractivity contribution in [3.63, 3.8) is 0 Å². The quantitative estimate of drug-likeness (QED) is 0.851. The smallest absolute Gasteiger partial charge is 0.272 e. The van der Waals surface area contributed by atoms with Gasteiger partial charge in [0.25, 0.3) is 5.91 Å². The van der Waals surface area contributed by atoms with E-state index in [1.807, 2.05) is 4.90 Å². The minimum Gasteiger partial charge on any atom is -0.354 e. The zero-order valence-corrected chi connectivity index (χ0v) is 14.4. The molecule has 0 spiro atoms. The largest absolute Gasteiger partial charge is 0.354 e. The maximum Gasteiger partial charge on any atom is 0.272 e. The number of pyridine rings is 1. The molecule has 3 heterocycles. The Morgan fingerprint density at radius 3 is 2.67 bits per heavy atom. The van der Waals surface area contributed by atoms with E-state index in [1.54, 1.807) is 36.1 Å². The summed E-state index contributed by atoms with van der Waals surface area (Å²) in [7, 11) is 3.60. The highest BCUT2D eigenvalue weighted by Crippen LogP contribution is 2.25. The molecule has 1 saturated heterocycles. The molecule has 6 nitrogen and oxygen atoms in total. The molecule has 8 heteroatoms. The average molecular weight is 352 g/mol. The maximum absolute atomic E-state index is 14.0. The predicted octanol–water partition coefficient (Wildman–Crippen LogP) is 2.35. The SMILES string of the molecule is CN(C(=O)c1cncn1C)C1CCN(c2ncc(Cl)cc2F)CC1. The number of piperidine rings is 1. The molecule has 0 unspecified atom stereocenters. The van der Waals surface area contributed by atoms with Crippen LogP contribution >= 0.6 is 11.6 Å². The Morgan fingerprint density at radius 2 is 2.08 bits per heavy atom. The van der Waals surface area contributed by atoms with Gasteiger partial charge in [0.15, 0.2) is 11.6 Å². The Labute approximate surface area is 144 Å². The van der Waals surface area contributed by atoms with Crippen LogP contribution in [-0.2, 0) is 7.05 Å². The van der Waals surface area contributed by atoms with E-state index >= 15 is 0 Å². The summed E-state index contributed by atoms with van der Waals surface area (Å²) >= 11 is 5.74. The van der Waals surface area contributed by atoms with E-state index in [0.717, 1.165) is 12.8 Å². The van der Waals surface area contributed by atoms with Crippen LogP contribution in [-0.4, -0.2) is 51.5 Å². The van der Waals surface area contributed by atoms with Crippen molar-refractivity contribution < 1.29 is 9.18 Å². The van der Waals surface area contributed by atoms with Gasteiger partial charge < -0.3 is 14.4 Å². The second kappa shape index (κ2) is 6.76. The van der Waals surface area contributed by atoms with E-state index < -0.39 is 5.82 Å². The lowest BCUT2D eigenvalue weighted by molar-refractivity contribution is 0.0699. The van der Waals surface area contributed by atoms with Crippen molar-refractivity contribution >= 4 is 23.3 Å². The van der Waals surface area contributed by atoms with Crippen molar-refractivity contribution in [1.82, 2.24) is 19.4 Å². The standard InChI is InChI=1S/C16H19ClFN5O/c1-21-10-19-9-14(21)16(24)22(2)12-3-5-23(6-4-12)15-13(18)7-11(17)8-20-15/h7-10,12H,3-6H2,1-2H3. The Morgan fingerprint density at radius 1 is 1.38 bits per heavy atom. The number of aromatic nitrogens is 3. The summed E-state index contributed by atoms with van der Waals surface area (Å²) in [6, 6.07) is 1.38. The van der Waals surface area contributed by atoms with Gasteiger partial charge in [-0.05, 0) is 18.9 Å². The van der Waals surface area contributed by atoms with Crippen LogP contribution in [0, 0.1) is 5.82 Å². The lowest BCUT2D eigenvalue weighted by Crippen LogP contribution is -2.46. The topological polar surface area (TPSA) is 54.3 Å². The highest BCUT2D eigenvalue weighted by molar-refractivity contribution is 6.30. The van der Waals surface area contributed by atoms with Gasteiger partial charge in [-0.15, -0.1) is 0 Å². The molecule has 1 amide bonds. The number of aryl methyl sites for hydroxylation is 1. The van der Waals surface area contributed by atoms with Gasteiger partial charge in [0.05, 0.1) is 17.5 Å². The van der Waals surface area contributed by atoms with Crippen LogP contribution < -0.4 is 4.90 Å². The van der Waals surface area contributed by atoms with E-state index in [4.69, 9.17) is 11.6 Å². The Bertz CT molecular complexity index is 742. The average Bonchev–Trinajstić information content (AvgIpc) is 3.00. The van der Waals surface area contributed by atoms with Gasteiger partial charge in [-0.1, -0.05) is 11.6 Å². The van der Waals surface area contributed by atoms with Crippen molar-refractivity contribution in [2.45, 2.75) is 18.9 Å². The fourth-order valence-electron chi connectivity index (χ4n) is 3.01. The molecule has 0 aromatic carbocycles. The van der Waals surface area contributed by atoms with Crippen LogP contribution in [0.4, 0.5) is 10.2 Å². The first kappa shape index (κ1) is 16.7. The number of rotatable bonds is 3. The van der Waals surface area contributed by atoms with Crippen molar-refractivity contribution in [2.75, 3.05) is 25.0 Å². The second-order valence-electron chi connectivity index (χ2n) is 5.98. The van der Waals surface area contributed by atoms with E-state index in [-0.39, 0.29) is 17.0 Å². The number of anilines is 1. The monoisotopic (exact) mass is 351 g/mol. The fourth-order valence-corrected chi connectivity index (χ4v) is 3.16. The summed E-state index contributed by atoms with van der Waals surface area (Å²) < 4.78 is 15.7. The molecule has 0 bridgehead atoms. The third kappa shape index (κ3) is 3.21. The number of carbonyl (C=O) groups is 1. The number of nitrogens with zero attached hydrogens (tertiary/aromatic N) is 5. The first-order chi connectivity index (χ1) is 11.5. The molecule has 2 aromatic heterocycles.